The highest BCUT2D eigenvalue weighted by atomic mass is 79.9. The second-order valence-electron chi connectivity index (χ2n) is 4.64. The van der Waals surface area contributed by atoms with Crippen molar-refractivity contribution in [2.45, 2.75) is 32.6 Å². The van der Waals surface area contributed by atoms with Crippen LogP contribution in [0.5, 0.6) is 0 Å². The van der Waals surface area contributed by atoms with Gasteiger partial charge in [0, 0.05) is 16.6 Å². The Morgan fingerprint density at radius 3 is 2.84 bits per heavy atom. The van der Waals surface area contributed by atoms with Crippen LogP contribution in [0.1, 0.15) is 37.1 Å². The van der Waals surface area contributed by atoms with Gasteiger partial charge in [-0.25, -0.2) is 0 Å². The average Bonchev–Trinajstić information content (AvgIpc) is 2.88. The van der Waals surface area contributed by atoms with Crippen molar-refractivity contribution in [3.05, 3.63) is 34.1 Å². The monoisotopic (exact) mass is 323 g/mol. The molecule has 0 fully saturated rings. The lowest BCUT2D eigenvalue weighted by molar-refractivity contribution is 0.347. The third kappa shape index (κ3) is 3.22. The van der Waals surface area contributed by atoms with Gasteiger partial charge in [0.25, 0.3) is 0 Å². The minimum Gasteiger partial charge on any atom is -0.339 e. The molecule has 102 valence electrons. The highest BCUT2D eigenvalue weighted by Gasteiger charge is 2.17. The van der Waals surface area contributed by atoms with E-state index in [0.717, 1.165) is 22.9 Å². The maximum atomic E-state index is 5.75. The van der Waals surface area contributed by atoms with E-state index in [1.165, 1.54) is 5.56 Å². The van der Waals surface area contributed by atoms with Crippen molar-refractivity contribution in [3.8, 4) is 11.4 Å². The highest BCUT2D eigenvalue weighted by molar-refractivity contribution is 9.10. The first-order chi connectivity index (χ1) is 9.15. The van der Waals surface area contributed by atoms with Crippen molar-refractivity contribution in [2.75, 3.05) is 6.54 Å². The minimum absolute atomic E-state index is 0.153. The standard InChI is InChI=1S/C14H18BrN3O/c1-3-4-11(8-16)14-17-13(18-19-14)10-6-5-9(2)12(15)7-10/h5-7,11H,3-4,8,16H2,1-2H3. The Hall–Kier alpha value is -1.20. The van der Waals surface area contributed by atoms with E-state index in [1.54, 1.807) is 0 Å². The Bertz CT molecular complexity index is 553. The number of hydrogen-bond acceptors (Lipinski definition) is 4. The fraction of sp³-hybridized carbons (Fsp3) is 0.429. The maximum absolute atomic E-state index is 5.75. The van der Waals surface area contributed by atoms with Crippen LogP contribution in [0.25, 0.3) is 11.4 Å². The van der Waals surface area contributed by atoms with E-state index in [-0.39, 0.29) is 5.92 Å². The Kier molecular flexibility index (Phi) is 4.71. The summed E-state index contributed by atoms with van der Waals surface area (Å²) in [6, 6.07) is 6.02. The van der Waals surface area contributed by atoms with Crippen molar-refractivity contribution in [1.82, 2.24) is 10.1 Å². The summed E-state index contributed by atoms with van der Waals surface area (Å²) < 4.78 is 6.38. The second kappa shape index (κ2) is 6.30. The topological polar surface area (TPSA) is 64.9 Å². The number of rotatable bonds is 5. The zero-order chi connectivity index (χ0) is 13.8. The van der Waals surface area contributed by atoms with Gasteiger partial charge >= 0.3 is 0 Å². The van der Waals surface area contributed by atoms with Gasteiger partial charge in [0.1, 0.15) is 0 Å². The molecule has 0 bridgehead atoms. The van der Waals surface area contributed by atoms with E-state index in [4.69, 9.17) is 10.3 Å². The zero-order valence-electron chi connectivity index (χ0n) is 11.2. The molecule has 5 heteroatoms. The summed E-state index contributed by atoms with van der Waals surface area (Å²) in [5.41, 5.74) is 7.87. The van der Waals surface area contributed by atoms with Gasteiger partial charge in [-0.05, 0) is 25.0 Å². The van der Waals surface area contributed by atoms with E-state index >= 15 is 0 Å². The molecule has 1 atom stereocenters. The third-order valence-corrected chi connectivity index (χ3v) is 4.00. The lowest BCUT2D eigenvalue weighted by Gasteiger charge is -2.06. The van der Waals surface area contributed by atoms with Crippen LogP contribution >= 0.6 is 15.9 Å². The van der Waals surface area contributed by atoms with Crippen LogP contribution in [0, 0.1) is 6.92 Å². The molecular formula is C14H18BrN3O. The first kappa shape index (κ1) is 14.2. The molecule has 1 aromatic carbocycles. The van der Waals surface area contributed by atoms with E-state index in [2.05, 4.69) is 33.0 Å². The third-order valence-electron chi connectivity index (χ3n) is 3.14. The summed E-state index contributed by atoms with van der Waals surface area (Å²) in [7, 11) is 0. The van der Waals surface area contributed by atoms with Crippen molar-refractivity contribution < 1.29 is 4.52 Å². The molecule has 4 nitrogen and oxygen atoms in total. The molecule has 19 heavy (non-hydrogen) atoms. The van der Waals surface area contributed by atoms with Gasteiger partial charge in [0.05, 0.1) is 5.92 Å². The fourth-order valence-corrected chi connectivity index (χ4v) is 2.32. The van der Waals surface area contributed by atoms with Gasteiger partial charge < -0.3 is 10.3 Å². The van der Waals surface area contributed by atoms with Crippen LogP contribution in [0.15, 0.2) is 27.2 Å². The largest absolute Gasteiger partial charge is 0.339 e. The van der Waals surface area contributed by atoms with Crippen LogP contribution in [0.2, 0.25) is 0 Å². The Labute approximate surface area is 121 Å². The van der Waals surface area contributed by atoms with Gasteiger partial charge in [-0.15, -0.1) is 0 Å². The zero-order valence-corrected chi connectivity index (χ0v) is 12.8. The van der Waals surface area contributed by atoms with Gasteiger partial charge in [-0.3, -0.25) is 0 Å². The number of halogens is 1. The summed E-state index contributed by atoms with van der Waals surface area (Å²) in [6.07, 6.45) is 2.02. The Balaban J connectivity index is 2.27. The van der Waals surface area contributed by atoms with Crippen molar-refractivity contribution in [2.24, 2.45) is 5.73 Å². The number of hydrogen-bond donors (Lipinski definition) is 1. The van der Waals surface area contributed by atoms with Gasteiger partial charge in [-0.2, -0.15) is 4.98 Å². The van der Waals surface area contributed by atoms with E-state index in [0.29, 0.717) is 18.3 Å². The quantitative estimate of drug-likeness (QED) is 0.912. The average molecular weight is 324 g/mol. The molecule has 1 aromatic heterocycles. The molecule has 0 saturated carbocycles. The van der Waals surface area contributed by atoms with Crippen LogP contribution < -0.4 is 5.73 Å². The summed E-state index contributed by atoms with van der Waals surface area (Å²) in [4.78, 5) is 4.46. The molecule has 2 N–H and O–H groups in total. The van der Waals surface area contributed by atoms with Crippen LogP contribution in [0.3, 0.4) is 0 Å². The van der Waals surface area contributed by atoms with Crippen molar-refractivity contribution >= 4 is 15.9 Å². The molecule has 2 rings (SSSR count). The molecule has 0 amide bonds. The molecule has 1 unspecified atom stereocenters. The maximum Gasteiger partial charge on any atom is 0.231 e. The van der Waals surface area contributed by atoms with Crippen molar-refractivity contribution in [1.29, 1.82) is 0 Å². The molecule has 0 spiro atoms. The van der Waals surface area contributed by atoms with Gasteiger partial charge in [0.15, 0.2) is 0 Å². The predicted molar refractivity (Wildman–Crippen MR) is 78.9 cm³/mol. The predicted octanol–water partition coefficient (Wildman–Crippen LogP) is 3.65. The molecule has 0 aliphatic carbocycles. The van der Waals surface area contributed by atoms with Crippen LogP contribution in [0.4, 0.5) is 0 Å². The van der Waals surface area contributed by atoms with Crippen molar-refractivity contribution in [3.63, 3.8) is 0 Å². The van der Waals surface area contributed by atoms with Crippen LogP contribution in [-0.2, 0) is 0 Å². The lowest BCUT2D eigenvalue weighted by atomic mass is 10.0. The number of aromatic nitrogens is 2. The van der Waals surface area contributed by atoms with E-state index < -0.39 is 0 Å². The molecule has 1 heterocycles. The normalized spacial score (nSPS) is 12.6. The summed E-state index contributed by atoms with van der Waals surface area (Å²) in [5.74, 6) is 1.40. The van der Waals surface area contributed by atoms with Crippen LogP contribution in [-0.4, -0.2) is 16.7 Å². The lowest BCUT2D eigenvalue weighted by Crippen LogP contribution is -2.12. The first-order valence-corrected chi connectivity index (χ1v) is 7.25. The van der Waals surface area contributed by atoms with E-state index in [1.807, 2.05) is 25.1 Å². The molecule has 0 aliphatic heterocycles. The molecular weight excluding hydrogens is 306 g/mol. The summed E-state index contributed by atoms with van der Waals surface area (Å²) >= 11 is 3.51. The molecule has 2 aromatic rings. The second-order valence-corrected chi connectivity index (χ2v) is 5.50. The molecule has 0 aliphatic rings. The van der Waals surface area contributed by atoms with Gasteiger partial charge in [-0.1, -0.05) is 46.6 Å². The minimum atomic E-state index is 0.153. The summed E-state index contributed by atoms with van der Waals surface area (Å²) in [5, 5.41) is 4.05. The first-order valence-electron chi connectivity index (χ1n) is 6.46. The van der Waals surface area contributed by atoms with E-state index in [9.17, 15) is 0 Å². The number of nitrogens with zero attached hydrogens (tertiary/aromatic N) is 2. The summed E-state index contributed by atoms with van der Waals surface area (Å²) in [6.45, 7) is 4.70. The Morgan fingerprint density at radius 1 is 1.42 bits per heavy atom. The number of nitrogens with two attached hydrogens (primary N) is 1. The highest BCUT2D eigenvalue weighted by Crippen LogP contribution is 2.26. The smallest absolute Gasteiger partial charge is 0.231 e. The number of aryl methyl sites for hydroxylation is 1. The fourth-order valence-electron chi connectivity index (χ4n) is 1.94. The molecule has 0 saturated heterocycles. The molecule has 0 radical (unpaired) electrons. The van der Waals surface area contributed by atoms with Gasteiger partial charge in [0.2, 0.25) is 11.7 Å². The SMILES string of the molecule is CCCC(CN)c1nc(-c2ccc(C)c(Br)c2)no1. The number of benzene rings is 1. The Morgan fingerprint density at radius 2 is 2.21 bits per heavy atom.